The number of carbonyl (C=O) groups is 2. The highest BCUT2D eigenvalue weighted by molar-refractivity contribution is 9.10. The Morgan fingerprint density at radius 1 is 1.17 bits per heavy atom. The van der Waals surface area contributed by atoms with Crippen molar-refractivity contribution in [1.29, 1.82) is 0 Å². The molecule has 0 aliphatic heterocycles. The molecule has 0 saturated heterocycles. The summed E-state index contributed by atoms with van der Waals surface area (Å²) in [6.07, 6.45) is 0.167. The number of para-hydroxylation sites is 1. The molecule has 1 amide bonds. The maximum atomic E-state index is 12.7. The molecule has 30 heavy (non-hydrogen) atoms. The average Bonchev–Trinajstić information content (AvgIpc) is 3.29. The van der Waals surface area contributed by atoms with Crippen LogP contribution in [0.25, 0.3) is 20.8 Å². The zero-order valence-electron chi connectivity index (χ0n) is 16.2. The van der Waals surface area contributed by atoms with Gasteiger partial charge in [0.15, 0.2) is 0 Å². The van der Waals surface area contributed by atoms with Crippen LogP contribution in [0.4, 0.5) is 5.88 Å². The van der Waals surface area contributed by atoms with Crippen molar-refractivity contribution in [3.05, 3.63) is 69.9 Å². The van der Waals surface area contributed by atoms with E-state index >= 15 is 0 Å². The largest absolute Gasteiger partial charge is 0.465 e. The van der Waals surface area contributed by atoms with Crippen molar-refractivity contribution in [3.8, 4) is 10.6 Å². The van der Waals surface area contributed by atoms with Gasteiger partial charge in [-0.05, 0) is 36.8 Å². The summed E-state index contributed by atoms with van der Waals surface area (Å²) in [6, 6.07) is 15.2. The third-order valence-corrected chi connectivity index (χ3v) is 6.09. The summed E-state index contributed by atoms with van der Waals surface area (Å²) in [4.78, 5) is 29.7. The molecule has 6 nitrogen and oxygen atoms in total. The summed E-state index contributed by atoms with van der Waals surface area (Å²) in [7, 11) is 1.31. The van der Waals surface area contributed by atoms with Crippen LogP contribution in [0.5, 0.6) is 0 Å². The third-order valence-electron chi connectivity index (χ3n) is 4.51. The minimum Gasteiger partial charge on any atom is -0.465 e. The zero-order chi connectivity index (χ0) is 21.3. The molecule has 0 saturated carbocycles. The second-order valence-corrected chi connectivity index (χ2v) is 8.51. The van der Waals surface area contributed by atoms with Gasteiger partial charge in [0.25, 0.3) is 0 Å². The fourth-order valence-corrected chi connectivity index (χ4v) is 4.40. The van der Waals surface area contributed by atoms with Crippen molar-refractivity contribution in [3.63, 3.8) is 0 Å². The average molecular weight is 485 g/mol. The Morgan fingerprint density at radius 3 is 2.60 bits per heavy atom. The van der Waals surface area contributed by atoms with Gasteiger partial charge in [-0.15, -0.1) is 11.3 Å². The normalized spacial score (nSPS) is 10.9. The summed E-state index contributed by atoms with van der Waals surface area (Å²) in [5.41, 5.74) is 2.35. The van der Waals surface area contributed by atoms with Gasteiger partial charge in [0.05, 0.1) is 29.3 Å². The van der Waals surface area contributed by atoms with E-state index in [1.165, 1.54) is 18.4 Å². The molecule has 4 aromatic rings. The zero-order valence-corrected chi connectivity index (χ0v) is 18.6. The van der Waals surface area contributed by atoms with Crippen molar-refractivity contribution < 1.29 is 18.7 Å². The lowest BCUT2D eigenvalue weighted by Crippen LogP contribution is -2.14. The van der Waals surface area contributed by atoms with Crippen LogP contribution in [0.2, 0.25) is 0 Å². The molecule has 2 heterocycles. The highest BCUT2D eigenvalue weighted by atomic mass is 79.9. The molecule has 0 bridgehead atoms. The van der Waals surface area contributed by atoms with Crippen molar-refractivity contribution in [1.82, 2.24) is 4.98 Å². The molecule has 2 aromatic carbocycles. The van der Waals surface area contributed by atoms with Crippen LogP contribution in [0.1, 0.15) is 21.7 Å². The molecule has 0 spiro atoms. The molecule has 4 rings (SSSR count). The molecule has 2 aromatic heterocycles. The molecule has 0 aliphatic carbocycles. The summed E-state index contributed by atoms with van der Waals surface area (Å²) in [5, 5.41) is 3.37. The predicted molar refractivity (Wildman–Crippen MR) is 120 cm³/mol. The van der Waals surface area contributed by atoms with Crippen LogP contribution in [0, 0.1) is 6.92 Å². The first kappa shape index (κ1) is 20.3. The number of hydrogen-bond acceptors (Lipinski definition) is 6. The van der Waals surface area contributed by atoms with E-state index in [0.29, 0.717) is 16.3 Å². The lowest BCUT2D eigenvalue weighted by molar-refractivity contribution is -0.115. The summed E-state index contributed by atoms with van der Waals surface area (Å²) in [5.74, 6) is -0.257. The fourth-order valence-electron chi connectivity index (χ4n) is 3.12. The van der Waals surface area contributed by atoms with Gasteiger partial charge in [0.2, 0.25) is 11.8 Å². The maximum absolute atomic E-state index is 12.7. The number of hydrogen-bond donors (Lipinski definition) is 1. The first-order chi connectivity index (χ1) is 14.5. The van der Waals surface area contributed by atoms with E-state index < -0.39 is 5.97 Å². The number of anilines is 1. The first-order valence-electron chi connectivity index (χ1n) is 9.08. The number of amides is 1. The lowest BCUT2D eigenvalue weighted by Gasteiger charge is -2.05. The molecule has 8 heteroatoms. The Bertz CT molecular complexity index is 1210. The first-order valence-corrected chi connectivity index (χ1v) is 10.7. The standard InChI is InChI=1S/C22H17BrN2O4S/c1-12-18(22(27)28-2)19(21-24-15-5-3-4-6-16(15)30-21)20(29-12)25-17(26)11-13-7-9-14(23)10-8-13/h3-10H,11H2,1-2H3,(H,25,26). The van der Waals surface area contributed by atoms with Crippen molar-refractivity contribution in [2.24, 2.45) is 0 Å². The monoisotopic (exact) mass is 484 g/mol. The number of aryl methyl sites for hydroxylation is 1. The van der Waals surface area contributed by atoms with E-state index in [-0.39, 0.29) is 23.8 Å². The number of nitrogens with one attached hydrogen (secondary N) is 1. The minimum absolute atomic E-state index is 0.167. The molecule has 0 unspecified atom stereocenters. The molecule has 0 aliphatic rings. The number of nitrogens with zero attached hydrogens (tertiary/aromatic N) is 1. The number of aromatic nitrogens is 1. The fraction of sp³-hybridized carbons (Fsp3) is 0.136. The smallest absolute Gasteiger partial charge is 0.342 e. The third kappa shape index (κ3) is 4.01. The molecular formula is C22H17BrN2O4S. The minimum atomic E-state index is -0.543. The van der Waals surface area contributed by atoms with E-state index in [1.807, 2.05) is 48.5 Å². The van der Waals surface area contributed by atoms with Gasteiger partial charge < -0.3 is 9.15 Å². The Labute approximate surface area is 185 Å². The number of halogens is 1. The quantitative estimate of drug-likeness (QED) is 0.373. The van der Waals surface area contributed by atoms with E-state index in [9.17, 15) is 9.59 Å². The lowest BCUT2D eigenvalue weighted by atomic mass is 10.1. The Kier molecular flexibility index (Phi) is 5.69. The van der Waals surface area contributed by atoms with Gasteiger partial charge in [-0.2, -0.15) is 0 Å². The summed E-state index contributed by atoms with van der Waals surface area (Å²) < 4.78 is 12.6. The molecule has 0 fully saturated rings. The summed E-state index contributed by atoms with van der Waals surface area (Å²) >= 11 is 4.80. The van der Waals surface area contributed by atoms with E-state index in [1.54, 1.807) is 6.92 Å². The second-order valence-electron chi connectivity index (χ2n) is 6.57. The number of esters is 1. The van der Waals surface area contributed by atoms with Crippen LogP contribution in [0.3, 0.4) is 0 Å². The number of carbonyl (C=O) groups excluding carboxylic acids is 2. The molecule has 1 N–H and O–H groups in total. The molecule has 0 atom stereocenters. The van der Waals surface area contributed by atoms with Gasteiger partial charge in [0, 0.05) is 4.47 Å². The van der Waals surface area contributed by atoms with Gasteiger partial charge in [-0.25, -0.2) is 9.78 Å². The van der Waals surface area contributed by atoms with Gasteiger partial charge >= 0.3 is 5.97 Å². The van der Waals surface area contributed by atoms with Crippen LogP contribution in [-0.4, -0.2) is 24.0 Å². The number of ether oxygens (including phenoxy) is 1. The molecule has 152 valence electrons. The molecular weight excluding hydrogens is 468 g/mol. The number of fused-ring (bicyclic) bond motifs is 1. The van der Waals surface area contributed by atoms with Crippen LogP contribution in [0.15, 0.2) is 57.4 Å². The van der Waals surface area contributed by atoms with Gasteiger partial charge in [0.1, 0.15) is 16.3 Å². The highest BCUT2D eigenvalue weighted by Gasteiger charge is 2.28. The van der Waals surface area contributed by atoms with Crippen molar-refractivity contribution in [2.75, 3.05) is 12.4 Å². The predicted octanol–water partition coefficient (Wildman–Crippen LogP) is 5.60. The molecule has 0 radical (unpaired) electrons. The Morgan fingerprint density at radius 2 is 1.90 bits per heavy atom. The number of thiazole rings is 1. The van der Waals surface area contributed by atoms with E-state index in [2.05, 4.69) is 26.2 Å². The van der Waals surface area contributed by atoms with Gasteiger partial charge in [-0.1, -0.05) is 40.2 Å². The van der Waals surface area contributed by atoms with Gasteiger partial charge in [-0.3, -0.25) is 10.1 Å². The Hall–Kier alpha value is -2.97. The number of benzene rings is 2. The highest BCUT2D eigenvalue weighted by Crippen LogP contribution is 2.40. The summed E-state index contributed by atoms with van der Waals surface area (Å²) in [6.45, 7) is 1.66. The SMILES string of the molecule is COC(=O)c1c(C)oc(NC(=O)Cc2ccc(Br)cc2)c1-c1nc2ccccc2s1. The maximum Gasteiger partial charge on any atom is 0.342 e. The van der Waals surface area contributed by atoms with Crippen molar-refractivity contribution in [2.45, 2.75) is 13.3 Å². The second kappa shape index (κ2) is 8.41. The number of methoxy groups -OCH3 is 1. The van der Waals surface area contributed by atoms with Crippen molar-refractivity contribution >= 4 is 55.2 Å². The topological polar surface area (TPSA) is 81.4 Å². The number of furan rings is 1. The van der Waals surface area contributed by atoms with Crippen LogP contribution >= 0.6 is 27.3 Å². The Balaban J connectivity index is 1.73. The van der Waals surface area contributed by atoms with E-state index in [4.69, 9.17) is 9.15 Å². The van der Waals surface area contributed by atoms with E-state index in [0.717, 1.165) is 20.3 Å². The van der Waals surface area contributed by atoms with Crippen LogP contribution in [-0.2, 0) is 16.0 Å². The number of rotatable bonds is 5. The van der Waals surface area contributed by atoms with Crippen LogP contribution < -0.4 is 5.32 Å².